The molecule has 0 aromatic heterocycles. The van der Waals surface area contributed by atoms with Crippen molar-refractivity contribution in [1.29, 1.82) is 0 Å². The van der Waals surface area contributed by atoms with Crippen molar-refractivity contribution in [3.63, 3.8) is 0 Å². The summed E-state index contributed by atoms with van der Waals surface area (Å²) in [7, 11) is -3.88. The lowest BCUT2D eigenvalue weighted by atomic mass is 10.2. The van der Waals surface area contributed by atoms with Crippen LogP contribution in [0.25, 0.3) is 0 Å². The first-order chi connectivity index (χ1) is 9.29. The second-order valence-electron chi connectivity index (χ2n) is 4.25. The Balaban J connectivity index is 2.40. The fourth-order valence-corrected chi connectivity index (χ4v) is 3.28. The van der Waals surface area contributed by atoms with Gasteiger partial charge in [0.2, 0.25) is 0 Å². The van der Waals surface area contributed by atoms with Gasteiger partial charge < -0.3 is 5.73 Å². The molecule has 0 radical (unpaired) electrons. The van der Waals surface area contributed by atoms with Crippen molar-refractivity contribution in [3.8, 4) is 0 Å². The number of aryl methyl sites for hydroxylation is 1. The molecule has 0 saturated heterocycles. The third-order valence-corrected chi connectivity index (χ3v) is 4.55. The molecule has 0 saturated carbocycles. The molecule has 106 valence electrons. The van der Waals surface area contributed by atoms with E-state index >= 15 is 0 Å². The Hall–Kier alpha value is -1.79. The number of rotatable bonds is 3. The number of hydrogen-bond donors (Lipinski definition) is 2. The van der Waals surface area contributed by atoms with E-state index in [9.17, 15) is 12.8 Å². The van der Waals surface area contributed by atoms with Gasteiger partial charge in [0.25, 0.3) is 10.0 Å². The van der Waals surface area contributed by atoms with E-state index in [1.54, 1.807) is 6.92 Å². The third-order valence-electron chi connectivity index (χ3n) is 2.71. The summed E-state index contributed by atoms with van der Waals surface area (Å²) < 4.78 is 39.6. The molecule has 7 heteroatoms. The van der Waals surface area contributed by atoms with Gasteiger partial charge in [0.15, 0.2) is 0 Å². The lowest BCUT2D eigenvalue weighted by Crippen LogP contribution is -2.14. The van der Waals surface area contributed by atoms with Crippen LogP contribution in [0.5, 0.6) is 0 Å². The molecule has 0 amide bonds. The molecule has 0 heterocycles. The minimum atomic E-state index is -3.88. The van der Waals surface area contributed by atoms with Gasteiger partial charge in [0.05, 0.1) is 5.02 Å². The minimum absolute atomic E-state index is 0.0753. The van der Waals surface area contributed by atoms with Gasteiger partial charge in [0.1, 0.15) is 10.7 Å². The van der Waals surface area contributed by atoms with Crippen molar-refractivity contribution in [3.05, 3.63) is 52.8 Å². The summed E-state index contributed by atoms with van der Waals surface area (Å²) in [4.78, 5) is -0.119. The van der Waals surface area contributed by atoms with E-state index in [1.807, 2.05) is 0 Å². The highest BCUT2D eigenvalue weighted by Crippen LogP contribution is 2.28. The molecule has 0 aliphatic rings. The first-order valence-electron chi connectivity index (χ1n) is 5.63. The van der Waals surface area contributed by atoms with Crippen LogP contribution in [0.4, 0.5) is 15.8 Å². The molecule has 0 aliphatic heterocycles. The average Bonchev–Trinajstić information content (AvgIpc) is 2.36. The van der Waals surface area contributed by atoms with Gasteiger partial charge in [-0.25, -0.2) is 12.8 Å². The van der Waals surface area contributed by atoms with Gasteiger partial charge in [-0.1, -0.05) is 11.6 Å². The van der Waals surface area contributed by atoms with Crippen LogP contribution in [0.15, 0.2) is 41.3 Å². The summed E-state index contributed by atoms with van der Waals surface area (Å²) >= 11 is 5.94. The Bertz CT molecular complexity index is 746. The predicted octanol–water partition coefficient (Wildman–Crippen LogP) is 3.17. The molecule has 0 unspecified atom stereocenters. The summed E-state index contributed by atoms with van der Waals surface area (Å²) in [5, 5.41) is 0.0753. The van der Waals surface area contributed by atoms with E-state index in [1.165, 1.54) is 24.3 Å². The van der Waals surface area contributed by atoms with Crippen molar-refractivity contribution < 1.29 is 12.8 Å². The van der Waals surface area contributed by atoms with Crippen LogP contribution >= 0.6 is 11.6 Å². The molecule has 2 aromatic rings. The summed E-state index contributed by atoms with van der Waals surface area (Å²) in [6.45, 7) is 1.73. The topological polar surface area (TPSA) is 72.2 Å². The fraction of sp³-hybridized carbons (Fsp3) is 0.0769. The van der Waals surface area contributed by atoms with Crippen molar-refractivity contribution in [1.82, 2.24) is 0 Å². The first kappa shape index (κ1) is 14.6. The zero-order valence-electron chi connectivity index (χ0n) is 10.5. The van der Waals surface area contributed by atoms with Gasteiger partial charge in [0, 0.05) is 11.4 Å². The molecule has 2 rings (SSSR count). The Morgan fingerprint density at radius 1 is 1.20 bits per heavy atom. The molecule has 0 bridgehead atoms. The van der Waals surface area contributed by atoms with Crippen molar-refractivity contribution >= 4 is 33.0 Å². The van der Waals surface area contributed by atoms with Crippen molar-refractivity contribution in [2.45, 2.75) is 11.8 Å². The van der Waals surface area contributed by atoms with E-state index in [4.69, 9.17) is 17.3 Å². The second kappa shape index (κ2) is 5.30. The molecular formula is C13H12ClFN2O2S. The second-order valence-corrected chi connectivity index (χ2v) is 6.31. The first-order valence-corrected chi connectivity index (χ1v) is 7.50. The van der Waals surface area contributed by atoms with Crippen molar-refractivity contribution in [2.75, 3.05) is 10.5 Å². The lowest BCUT2D eigenvalue weighted by Gasteiger charge is -2.11. The van der Waals surface area contributed by atoms with Gasteiger partial charge >= 0.3 is 0 Å². The zero-order chi connectivity index (χ0) is 14.9. The summed E-state index contributed by atoms with van der Waals surface area (Å²) in [5.41, 5.74) is 6.95. The highest BCUT2D eigenvalue weighted by atomic mass is 35.5. The highest BCUT2D eigenvalue weighted by Gasteiger charge is 2.19. The molecule has 4 nitrogen and oxygen atoms in total. The van der Waals surface area contributed by atoms with E-state index in [0.29, 0.717) is 11.3 Å². The van der Waals surface area contributed by atoms with Gasteiger partial charge in [-0.2, -0.15) is 0 Å². The highest BCUT2D eigenvalue weighted by molar-refractivity contribution is 7.92. The molecule has 0 atom stereocenters. The van der Waals surface area contributed by atoms with Crippen LogP contribution in [0.3, 0.4) is 0 Å². The Labute approximate surface area is 121 Å². The number of sulfonamides is 1. The summed E-state index contributed by atoms with van der Waals surface area (Å²) in [5.74, 6) is -0.453. The molecule has 0 fully saturated rings. The SMILES string of the molecule is Cc1cc(Cl)c(S(=O)(=O)Nc2ccc(F)cc2)cc1N. The number of halogens is 2. The zero-order valence-corrected chi connectivity index (χ0v) is 12.1. The van der Waals surface area contributed by atoms with E-state index < -0.39 is 15.8 Å². The number of nitrogens with one attached hydrogen (secondary N) is 1. The fourth-order valence-electron chi connectivity index (χ4n) is 1.60. The normalized spacial score (nSPS) is 11.3. The Kier molecular flexibility index (Phi) is 3.87. The molecule has 20 heavy (non-hydrogen) atoms. The average molecular weight is 315 g/mol. The third kappa shape index (κ3) is 3.02. The Morgan fingerprint density at radius 3 is 2.40 bits per heavy atom. The predicted molar refractivity (Wildman–Crippen MR) is 77.8 cm³/mol. The maximum absolute atomic E-state index is 12.8. The minimum Gasteiger partial charge on any atom is -0.398 e. The standard InChI is InChI=1S/C13H12ClFN2O2S/c1-8-6-11(14)13(7-12(8)16)20(18,19)17-10-4-2-9(15)3-5-10/h2-7,17H,16H2,1H3. The lowest BCUT2D eigenvalue weighted by molar-refractivity contribution is 0.601. The molecule has 0 aliphatic carbocycles. The molecule has 2 aromatic carbocycles. The van der Waals surface area contributed by atoms with Crippen LogP contribution in [0.1, 0.15) is 5.56 Å². The number of hydrogen-bond acceptors (Lipinski definition) is 3. The van der Waals surface area contributed by atoms with Crippen LogP contribution in [-0.4, -0.2) is 8.42 Å². The van der Waals surface area contributed by atoms with E-state index in [2.05, 4.69) is 4.72 Å². The monoisotopic (exact) mass is 314 g/mol. The van der Waals surface area contributed by atoms with Crippen LogP contribution in [0.2, 0.25) is 5.02 Å². The van der Waals surface area contributed by atoms with E-state index in [0.717, 1.165) is 12.1 Å². The largest absolute Gasteiger partial charge is 0.398 e. The number of nitrogen functional groups attached to an aromatic ring is 1. The number of anilines is 2. The number of benzene rings is 2. The van der Waals surface area contributed by atoms with Crippen LogP contribution < -0.4 is 10.5 Å². The Morgan fingerprint density at radius 2 is 1.80 bits per heavy atom. The summed E-state index contributed by atoms with van der Waals surface area (Å²) in [6.07, 6.45) is 0. The van der Waals surface area contributed by atoms with Gasteiger partial charge in [-0.05, 0) is 48.9 Å². The van der Waals surface area contributed by atoms with Crippen LogP contribution in [-0.2, 0) is 10.0 Å². The molecule has 0 spiro atoms. The van der Waals surface area contributed by atoms with Gasteiger partial charge in [-0.3, -0.25) is 4.72 Å². The number of nitrogens with two attached hydrogens (primary N) is 1. The van der Waals surface area contributed by atoms with E-state index in [-0.39, 0.29) is 15.6 Å². The molecular weight excluding hydrogens is 303 g/mol. The molecule has 3 N–H and O–H groups in total. The smallest absolute Gasteiger partial charge is 0.263 e. The maximum Gasteiger partial charge on any atom is 0.263 e. The van der Waals surface area contributed by atoms with Crippen LogP contribution in [0, 0.1) is 12.7 Å². The maximum atomic E-state index is 12.8. The van der Waals surface area contributed by atoms with Gasteiger partial charge in [-0.15, -0.1) is 0 Å². The van der Waals surface area contributed by atoms with Crippen molar-refractivity contribution in [2.24, 2.45) is 0 Å². The quantitative estimate of drug-likeness (QED) is 0.855. The summed E-state index contributed by atoms with van der Waals surface area (Å²) in [6, 6.07) is 7.72.